The lowest BCUT2D eigenvalue weighted by molar-refractivity contribution is 0.539. The summed E-state index contributed by atoms with van der Waals surface area (Å²) in [6.45, 7) is 2.17. The number of aromatic nitrogens is 1. The molecule has 1 unspecified atom stereocenters. The molecule has 84 valence electrons. The molecule has 4 N–H and O–H groups in total. The first-order valence-corrected chi connectivity index (χ1v) is 5.69. The van der Waals surface area contributed by atoms with Crippen LogP contribution in [0.5, 0.6) is 0 Å². The Morgan fingerprint density at radius 1 is 1.40 bits per heavy atom. The van der Waals surface area contributed by atoms with E-state index in [1.807, 2.05) is 12.1 Å². The lowest BCUT2D eigenvalue weighted by Crippen LogP contribution is -2.19. The van der Waals surface area contributed by atoms with E-state index in [4.69, 9.17) is 11.5 Å². The zero-order chi connectivity index (χ0) is 11.1. The number of hydrogen-bond acceptors (Lipinski definition) is 3. The summed E-state index contributed by atoms with van der Waals surface area (Å²) < 4.78 is 0. The van der Waals surface area contributed by atoms with Gasteiger partial charge < -0.3 is 11.5 Å². The quantitative estimate of drug-likeness (QED) is 0.751. The second-order valence-corrected chi connectivity index (χ2v) is 3.99. The van der Waals surface area contributed by atoms with Crippen molar-refractivity contribution in [3.8, 4) is 0 Å². The smallest absolute Gasteiger partial charge is 0.126 e. The van der Waals surface area contributed by atoms with Gasteiger partial charge >= 0.3 is 0 Å². The van der Waals surface area contributed by atoms with Gasteiger partial charge in [-0.2, -0.15) is 0 Å². The summed E-state index contributed by atoms with van der Waals surface area (Å²) in [7, 11) is 0. The normalized spacial score (nSPS) is 12.7. The van der Waals surface area contributed by atoms with Crippen LogP contribution in [0.2, 0.25) is 0 Å². The van der Waals surface area contributed by atoms with Crippen LogP contribution < -0.4 is 11.5 Å². The predicted molar refractivity (Wildman–Crippen MR) is 64.5 cm³/mol. The third kappa shape index (κ3) is 4.30. The Bertz CT molecular complexity index is 286. The zero-order valence-electron chi connectivity index (χ0n) is 9.45. The molecule has 0 saturated carbocycles. The molecule has 3 heteroatoms. The first kappa shape index (κ1) is 12.0. The summed E-state index contributed by atoms with van der Waals surface area (Å²) >= 11 is 0. The molecule has 1 aromatic heterocycles. The number of rotatable bonds is 6. The van der Waals surface area contributed by atoms with Crippen LogP contribution in [0.3, 0.4) is 0 Å². The van der Waals surface area contributed by atoms with Crippen LogP contribution in [-0.2, 0) is 6.42 Å². The minimum absolute atomic E-state index is 0.341. The fraction of sp³-hybridized carbons (Fsp3) is 0.583. The third-order valence-electron chi connectivity index (χ3n) is 2.61. The largest absolute Gasteiger partial charge is 0.383 e. The van der Waals surface area contributed by atoms with Gasteiger partial charge in [0.05, 0.1) is 0 Å². The van der Waals surface area contributed by atoms with Crippen molar-refractivity contribution in [1.82, 2.24) is 4.98 Å². The number of nitrogens with two attached hydrogens (primary N) is 2. The molecule has 1 atom stereocenters. The molecule has 0 aliphatic rings. The lowest BCUT2D eigenvalue weighted by Gasteiger charge is -2.10. The van der Waals surface area contributed by atoms with Crippen molar-refractivity contribution in [2.75, 3.05) is 5.73 Å². The second kappa shape index (κ2) is 6.40. The van der Waals surface area contributed by atoms with Crippen LogP contribution in [0, 0.1) is 0 Å². The topological polar surface area (TPSA) is 64.9 Å². The highest BCUT2D eigenvalue weighted by molar-refractivity contribution is 5.38. The van der Waals surface area contributed by atoms with Crippen molar-refractivity contribution in [3.63, 3.8) is 0 Å². The van der Waals surface area contributed by atoms with E-state index in [0.717, 1.165) is 37.7 Å². The van der Waals surface area contributed by atoms with Crippen molar-refractivity contribution in [2.24, 2.45) is 5.73 Å². The standard InChI is InChI=1S/C12H21N3/c1-2-5-11(13)8-3-6-10-7-4-9-15-12(10)14/h4,7,9,11H,2-3,5-6,8,13H2,1H3,(H2,14,15). The molecule has 0 aliphatic carbocycles. The Kier molecular flexibility index (Phi) is 5.12. The maximum Gasteiger partial charge on any atom is 0.126 e. The minimum atomic E-state index is 0.341. The first-order chi connectivity index (χ1) is 7.24. The predicted octanol–water partition coefficient (Wildman–Crippen LogP) is 2.11. The van der Waals surface area contributed by atoms with E-state index in [0.29, 0.717) is 11.9 Å². The summed E-state index contributed by atoms with van der Waals surface area (Å²) in [5, 5.41) is 0. The van der Waals surface area contributed by atoms with Gasteiger partial charge in [0.1, 0.15) is 5.82 Å². The Balaban J connectivity index is 2.29. The number of hydrogen-bond donors (Lipinski definition) is 2. The van der Waals surface area contributed by atoms with Gasteiger partial charge in [-0.15, -0.1) is 0 Å². The zero-order valence-corrected chi connectivity index (χ0v) is 9.45. The number of anilines is 1. The Morgan fingerprint density at radius 3 is 2.87 bits per heavy atom. The van der Waals surface area contributed by atoms with Gasteiger partial charge in [-0.05, 0) is 37.3 Å². The molecule has 0 bridgehead atoms. The highest BCUT2D eigenvalue weighted by Crippen LogP contribution is 2.12. The summed E-state index contributed by atoms with van der Waals surface area (Å²) in [5.74, 6) is 0.654. The molecule has 0 aliphatic heterocycles. The molecule has 0 aromatic carbocycles. The van der Waals surface area contributed by atoms with E-state index >= 15 is 0 Å². The number of aryl methyl sites for hydroxylation is 1. The molecular formula is C12H21N3. The summed E-state index contributed by atoms with van der Waals surface area (Å²) in [5.41, 5.74) is 12.8. The van der Waals surface area contributed by atoms with Crippen LogP contribution in [0.1, 0.15) is 38.2 Å². The number of nitrogen functional groups attached to an aromatic ring is 1. The van der Waals surface area contributed by atoms with E-state index in [1.165, 1.54) is 0 Å². The molecule has 0 spiro atoms. The molecule has 0 amide bonds. The second-order valence-electron chi connectivity index (χ2n) is 3.99. The summed E-state index contributed by atoms with van der Waals surface area (Å²) in [6.07, 6.45) is 7.15. The van der Waals surface area contributed by atoms with E-state index in [1.54, 1.807) is 6.20 Å². The van der Waals surface area contributed by atoms with Crippen molar-refractivity contribution >= 4 is 5.82 Å². The van der Waals surface area contributed by atoms with Crippen LogP contribution in [-0.4, -0.2) is 11.0 Å². The fourth-order valence-corrected chi connectivity index (χ4v) is 1.73. The monoisotopic (exact) mass is 207 g/mol. The molecule has 0 saturated heterocycles. The van der Waals surface area contributed by atoms with Crippen LogP contribution in [0.4, 0.5) is 5.82 Å². The Labute approximate surface area is 91.9 Å². The first-order valence-electron chi connectivity index (χ1n) is 5.69. The highest BCUT2D eigenvalue weighted by Gasteiger charge is 2.03. The maximum absolute atomic E-state index is 5.94. The molecule has 15 heavy (non-hydrogen) atoms. The van der Waals surface area contributed by atoms with Gasteiger partial charge in [-0.25, -0.2) is 4.98 Å². The van der Waals surface area contributed by atoms with Gasteiger partial charge in [0, 0.05) is 12.2 Å². The van der Waals surface area contributed by atoms with Crippen LogP contribution in [0.25, 0.3) is 0 Å². The fourth-order valence-electron chi connectivity index (χ4n) is 1.73. The lowest BCUT2D eigenvalue weighted by atomic mass is 10.0. The van der Waals surface area contributed by atoms with Crippen molar-refractivity contribution in [1.29, 1.82) is 0 Å². The number of nitrogens with zero attached hydrogens (tertiary/aromatic N) is 1. The molecule has 3 nitrogen and oxygen atoms in total. The van der Waals surface area contributed by atoms with E-state index in [9.17, 15) is 0 Å². The third-order valence-corrected chi connectivity index (χ3v) is 2.61. The molecule has 0 radical (unpaired) electrons. The van der Waals surface area contributed by atoms with Gasteiger partial charge in [0.2, 0.25) is 0 Å². The Morgan fingerprint density at radius 2 is 2.20 bits per heavy atom. The molecular weight excluding hydrogens is 186 g/mol. The molecule has 0 fully saturated rings. The summed E-state index contributed by atoms with van der Waals surface area (Å²) in [4.78, 5) is 4.06. The van der Waals surface area contributed by atoms with E-state index in [2.05, 4.69) is 11.9 Å². The SMILES string of the molecule is CCCC(N)CCCc1cccnc1N. The number of pyridine rings is 1. The van der Waals surface area contributed by atoms with Gasteiger partial charge in [0.25, 0.3) is 0 Å². The maximum atomic E-state index is 5.94. The van der Waals surface area contributed by atoms with E-state index < -0.39 is 0 Å². The molecule has 1 rings (SSSR count). The van der Waals surface area contributed by atoms with Crippen molar-refractivity contribution in [2.45, 2.75) is 45.1 Å². The average Bonchev–Trinajstić information content (AvgIpc) is 2.21. The Hall–Kier alpha value is -1.09. The van der Waals surface area contributed by atoms with Gasteiger partial charge in [0.15, 0.2) is 0 Å². The van der Waals surface area contributed by atoms with Crippen molar-refractivity contribution < 1.29 is 0 Å². The molecule has 1 heterocycles. The van der Waals surface area contributed by atoms with Gasteiger partial charge in [-0.1, -0.05) is 19.4 Å². The highest BCUT2D eigenvalue weighted by atomic mass is 14.8. The summed E-state index contributed by atoms with van der Waals surface area (Å²) in [6, 6.07) is 4.30. The van der Waals surface area contributed by atoms with Crippen LogP contribution >= 0.6 is 0 Å². The average molecular weight is 207 g/mol. The minimum Gasteiger partial charge on any atom is -0.383 e. The van der Waals surface area contributed by atoms with Crippen LogP contribution in [0.15, 0.2) is 18.3 Å². The van der Waals surface area contributed by atoms with Crippen molar-refractivity contribution in [3.05, 3.63) is 23.9 Å². The molecule has 1 aromatic rings. The van der Waals surface area contributed by atoms with Gasteiger partial charge in [-0.3, -0.25) is 0 Å². The van der Waals surface area contributed by atoms with E-state index in [-0.39, 0.29) is 0 Å².